The minimum Gasteiger partial charge on any atom is -0.469 e. The first kappa shape index (κ1) is 43.2. The molecular formula is C44H63NO12. The molecule has 13 heteroatoms. The largest absolute Gasteiger partial charge is 0.469 e. The third-order valence-electron chi connectivity index (χ3n) is 16.5. The van der Waals surface area contributed by atoms with Crippen molar-refractivity contribution >= 4 is 35.4 Å². The van der Waals surface area contributed by atoms with Crippen LogP contribution in [0.1, 0.15) is 99.3 Å². The first-order chi connectivity index (χ1) is 26.8. The van der Waals surface area contributed by atoms with Gasteiger partial charge in [0.15, 0.2) is 11.6 Å². The van der Waals surface area contributed by atoms with Gasteiger partial charge >= 0.3 is 17.9 Å². The van der Waals surface area contributed by atoms with Crippen molar-refractivity contribution in [3.63, 3.8) is 0 Å². The number of fused-ring (bicyclic) bond motifs is 6. The highest BCUT2D eigenvalue weighted by atomic mass is 16.6. The van der Waals surface area contributed by atoms with Crippen molar-refractivity contribution in [3.05, 3.63) is 23.3 Å². The molecular weight excluding hydrogens is 734 g/mol. The van der Waals surface area contributed by atoms with Gasteiger partial charge in [-0.3, -0.25) is 24.0 Å². The van der Waals surface area contributed by atoms with E-state index in [1.165, 1.54) is 26.4 Å². The van der Waals surface area contributed by atoms with Crippen molar-refractivity contribution in [2.75, 3.05) is 27.4 Å². The molecule has 6 aliphatic carbocycles. The quantitative estimate of drug-likeness (QED) is 0.166. The maximum atomic E-state index is 14.2. The number of Topliss-reactive ketones (excluding diaryl/α,β-unsaturated/α-hetero) is 2. The maximum Gasteiger partial charge on any atom is 0.331 e. The molecule has 0 aromatic carbocycles. The highest BCUT2D eigenvalue weighted by molar-refractivity contribution is 5.94. The Morgan fingerprint density at radius 1 is 0.789 bits per heavy atom. The lowest BCUT2D eigenvalue weighted by Gasteiger charge is -2.63. The van der Waals surface area contributed by atoms with Crippen LogP contribution in [-0.4, -0.2) is 96.4 Å². The van der Waals surface area contributed by atoms with Crippen LogP contribution in [0, 0.1) is 69.0 Å². The van der Waals surface area contributed by atoms with E-state index in [0.717, 1.165) is 24.0 Å². The fraction of sp³-hybridized carbons (Fsp3) is 0.773. The van der Waals surface area contributed by atoms with Gasteiger partial charge in [0.1, 0.15) is 23.7 Å². The molecule has 0 bridgehead atoms. The number of allylic oxidation sites excluding steroid dienone is 2. The number of ether oxygens (including phenoxy) is 3. The van der Waals surface area contributed by atoms with Crippen LogP contribution in [-0.2, 0) is 43.0 Å². The number of hydrogen-bond donors (Lipinski definition) is 4. The minimum absolute atomic E-state index is 0.0760. The Morgan fingerprint density at radius 3 is 2.05 bits per heavy atom. The van der Waals surface area contributed by atoms with Crippen molar-refractivity contribution in [1.29, 1.82) is 0 Å². The van der Waals surface area contributed by atoms with Crippen molar-refractivity contribution in [2.45, 2.75) is 118 Å². The van der Waals surface area contributed by atoms with E-state index >= 15 is 0 Å². The molecule has 0 saturated heterocycles. The van der Waals surface area contributed by atoms with Crippen LogP contribution < -0.4 is 5.32 Å². The number of carbonyl (C=O) groups excluding carboxylic acids is 6. The summed E-state index contributed by atoms with van der Waals surface area (Å²) in [5.41, 5.74) is -2.35. The lowest BCUT2D eigenvalue weighted by Crippen LogP contribution is -2.68. The van der Waals surface area contributed by atoms with Crippen LogP contribution >= 0.6 is 0 Å². The van der Waals surface area contributed by atoms with E-state index in [1.54, 1.807) is 13.8 Å². The van der Waals surface area contributed by atoms with Gasteiger partial charge in [-0.05, 0) is 99.7 Å². The first-order valence-electron chi connectivity index (χ1n) is 20.9. The van der Waals surface area contributed by atoms with Gasteiger partial charge in [-0.2, -0.15) is 0 Å². The molecule has 0 radical (unpaired) electrons. The van der Waals surface area contributed by atoms with Crippen molar-refractivity contribution in [2.24, 2.45) is 69.0 Å². The third-order valence-corrected chi connectivity index (χ3v) is 16.5. The monoisotopic (exact) mass is 797 g/mol. The van der Waals surface area contributed by atoms with E-state index < -0.39 is 87.3 Å². The van der Waals surface area contributed by atoms with Gasteiger partial charge in [0.05, 0.1) is 26.2 Å². The second kappa shape index (κ2) is 15.6. The number of hydrogen-bond acceptors (Lipinski definition) is 12. The van der Waals surface area contributed by atoms with Crippen LogP contribution in [0.5, 0.6) is 0 Å². The molecule has 6 rings (SSSR count). The van der Waals surface area contributed by atoms with Gasteiger partial charge in [-0.15, -0.1) is 0 Å². The standard InChI is InChI=1S/C44H63NO12/c1-22-24(20-29(47)45-18-19-46)10-12-27-31(22)34(50)36(52)38-42(27,4)17-14-28(44(38,6)40(54)56-8)57-30(48)21-25-11-13-26-32(23(25)2)33(49)35(51)37-41(26,3)15-9-16-43(37,5)39(53)55-7/h20-23,26-28,31-33,36-38,46,49,52H,9-19H2,1-8H3,(H,45,47)/b24-20+,25-21+/t22-,23-,26+,27-,28-,31-,32-,33+,36-,37+,38+,41+,42+,43-,44-/m0/s1. The number of nitrogens with one attached hydrogen (secondary N) is 1. The SMILES string of the molecule is COC(=O)[C@@]1(C)[C@@H](OC(=O)/C=C2\CC[C@@H]3[C@@H]([C@@H](O)C(=O)[C@@H]4[C@]3(C)CCC[C@]4(C)C(=O)OC)[C@H]2C)CC[C@@]2(C)[C@H]1[C@@H](O)C(=O)[C@H]1[C@@H](C)/C(=C/C(=O)NCCO)CC[C@@H]12. The fourth-order valence-electron chi connectivity index (χ4n) is 13.8. The van der Waals surface area contributed by atoms with Gasteiger partial charge in [-0.1, -0.05) is 45.3 Å². The predicted octanol–water partition coefficient (Wildman–Crippen LogP) is 3.65. The number of aliphatic hydroxyl groups is 3. The third kappa shape index (κ3) is 6.62. The summed E-state index contributed by atoms with van der Waals surface area (Å²) in [7, 11) is 2.57. The maximum absolute atomic E-state index is 14.2. The number of ketones is 2. The fourth-order valence-corrected chi connectivity index (χ4v) is 13.8. The predicted molar refractivity (Wildman–Crippen MR) is 205 cm³/mol. The van der Waals surface area contributed by atoms with Crippen LogP contribution in [0.3, 0.4) is 0 Å². The number of carbonyl (C=O) groups is 6. The van der Waals surface area contributed by atoms with E-state index in [-0.39, 0.29) is 54.9 Å². The van der Waals surface area contributed by atoms with Crippen molar-refractivity contribution in [3.8, 4) is 0 Å². The van der Waals surface area contributed by atoms with Gasteiger partial charge in [0.25, 0.3) is 0 Å². The molecule has 0 spiro atoms. The molecule has 13 nitrogen and oxygen atoms in total. The van der Waals surface area contributed by atoms with Gasteiger partial charge in [0, 0.05) is 42.4 Å². The summed E-state index contributed by atoms with van der Waals surface area (Å²) >= 11 is 0. The van der Waals surface area contributed by atoms with E-state index in [2.05, 4.69) is 12.2 Å². The Balaban J connectivity index is 1.24. The molecule has 0 heterocycles. The number of esters is 3. The highest BCUT2D eigenvalue weighted by Crippen LogP contribution is 2.66. The molecule has 15 atom stereocenters. The van der Waals surface area contributed by atoms with E-state index in [9.17, 15) is 39.0 Å². The molecule has 1 amide bonds. The topological polar surface area (TPSA) is 203 Å². The van der Waals surface area contributed by atoms with Gasteiger partial charge < -0.3 is 34.8 Å². The average Bonchev–Trinajstić information content (AvgIpc) is 3.17. The van der Waals surface area contributed by atoms with Gasteiger partial charge in [0.2, 0.25) is 5.91 Å². The van der Waals surface area contributed by atoms with E-state index in [4.69, 9.17) is 19.3 Å². The molecule has 0 aliphatic heterocycles. The van der Waals surface area contributed by atoms with Gasteiger partial charge in [-0.25, -0.2) is 4.79 Å². The second-order valence-electron chi connectivity index (χ2n) is 19.0. The van der Waals surface area contributed by atoms with Crippen LogP contribution in [0.25, 0.3) is 0 Å². The lowest BCUT2D eigenvalue weighted by atomic mass is 9.41. The molecule has 0 unspecified atom stereocenters. The molecule has 0 aromatic heterocycles. The zero-order chi connectivity index (χ0) is 42.0. The van der Waals surface area contributed by atoms with E-state index in [1.807, 2.05) is 20.8 Å². The number of amides is 1. The summed E-state index contributed by atoms with van der Waals surface area (Å²) in [5, 5.41) is 35.3. The Morgan fingerprint density at radius 2 is 1.42 bits per heavy atom. The van der Waals surface area contributed by atoms with E-state index in [0.29, 0.717) is 38.5 Å². The summed E-state index contributed by atoms with van der Waals surface area (Å²) in [5.74, 6) is -6.59. The summed E-state index contributed by atoms with van der Waals surface area (Å²) in [6.45, 7) is 11.2. The molecule has 6 saturated carbocycles. The summed E-state index contributed by atoms with van der Waals surface area (Å²) in [6.07, 6.45) is 3.97. The second-order valence-corrected chi connectivity index (χ2v) is 19.0. The van der Waals surface area contributed by atoms with Crippen LogP contribution in [0.15, 0.2) is 23.3 Å². The minimum atomic E-state index is -1.58. The zero-order valence-corrected chi connectivity index (χ0v) is 34.8. The molecule has 6 aliphatic rings. The van der Waals surface area contributed by atoms with Crippen LogP contribution in [0.4, 0.5) is 0 Å². The molecule has 0 aromatic rings. The molecule has 4 N–H and O–H groups in total. The number of methoxy groups -OCH3 is 2. The molecule has 316 valence electrons. The molecule has 57 heavy (non-hydrogen) atoms. The Hall–Kier alpha value is -3.42. The Kier molecular flexibility index (Phi) is 11.8. The molecule has 6 fully saturated rings. The zero-order valence-electron chi connectivity index (χ0n) is 34.8. The summed E-state index contributed by atoms with van der Waals surface area (Å²) in [4.78, 5) is 81.7. The van der Waals surface area contributed by atoms with Crippen molar-refractivity contribution < 1.29 is 58.3 Å². The number of rotatable bonds is 7. The average molecular weight is 798 g/mol. The Bertz CT molecular complexity index is 1740. The van der Waals surface area contributed by atoms with Crippen molar-refractivity contribution in [1.82, 2.24) is 5.32 Å². The Labute approximate surface area is 335 Å². The summed E-state index contributed by atoms with van der Waals surface area (Å²) < 4.78 is 16.7. The van der Waals surface area contributed by atoms with Crippen LogP contribution in [0.2, 0.25) is 0 Å². The first-order valence-corrected chi connectivity index (χ1v) is 20.9. The summed E-state index contributed by atoms with van der Waals surface area (Å²) in [6, 6.07) is 0. The smallest absolute Gasteiger partial charge is 0.331 e. The highest BCUT2D eigenvalue weighted by Gasteiger charge is 2.70. The number of aliphatic hydroxyl groups excluding tert-OH is 3. The lowest BCUT2D eigenvalue weighted by molar-refractivity contribution is -0.222. The normalized spacial score (nSPS) is 45.5.